The van der Waals surface area contributed by atoms with Crippen LogP contribution in [0.4, 0.5) is 0 Å². The van der Waals surface area contributed by atoms with Crippen LogP contribution in [0.15, 0.2) is 81.3 Å². The molecule has 0 N–H and O–H groups in total. The first-order valence-electron chi connectivity index (χ1n) is 11.9. The molecule has 1 fully saturated rings. The molecule has 1 atom stereocenters. The first kappa shape index (κ1) is 22.2. The number of fused-ring (bicyclic) bond motifs is 1. The summed E-state index contributed by atoms with van der Waals surface area (Å²) >= 11 is 0. The lowest BCUT2D eigenvalue weighted by Crippen LogP contribution is -2.51. The highest BCUT2D eigenvalue weighted by Crippen LogP contribution is 2.34. The van der Waals surface area contributed by atoms with Crippen LogP contribution in [0, 0.1) is 0 Å². The molecule has 5 heterocycles. The highest BCUT2D eigenvalue weighted by Gasteiger charge is 2.37. The van der Waals surface area contributed by atoms with Crippen LogP contribution in [0.2, 0.25) is 0 Å². The molecule has 1 saturated heterocycles. The van der Waals surface area contributed by atoms with E-state index < -0.39 is 0 Å². The van der Waals surface area contributed by atoms with Crippen molar-refractivity contribution in [3.8, 4) is 0 Å². The summed E-state index contributed by atoms with van der Waals surface area (Å²) in [5.74, 6) is 1.06. The fraction of sp³-hybridized carbons (Fsp3) is 0.269. The maximum Gasteiger partial charge on any atom is 0.274 e. The van der Waals surface area contributed by atoms with E-state index in [1.165, 1.54) is 23.6 Å². The van der Waals surface area contributed by atoms with Crippen LogP contribution in [0.5, 0.6) is 0 Å². The first-order valence-corrected chi connectivity index (χ1v) is 11.9. The number of furan rings is 2. The van der Waals surface area contributed by atoms with Gasteiger partial charge in [0.05, 0.1) is 19.0 Å². The van der Waals surface area contributed by atoms with Gasteiger partial charge in [0.1, 0.15) is 28.8 Å². The third-order valence-electron chi connectivity index (χ3n) is 6.55. The Hall–Kier alpha value is -4.31. The molecule has 6 rings (SSSR count). The van der Waals surface area contributed by atoms with Crippen LogP contribution in [-0.2, 0) is 4.79 Å². The predicted octanol–water partition coefficient (Wildman–Crippen LogP) is 2.95. The monoisotopic (exact) mass is 484 g/mol. The molecule has 10 nitrogen and oxygen atoms in total. The Bertz CT molecular complexity index is 1370. The van der Waals surface area contributed by atoms with E-state index in [1.807, 2.05) is 47.4 Å². The Morgan fingerprint density at radius 1 is 1.03 bits per heavy atom. The highest BCUT2D eigenvalue weighted by atomic mass is 16.3. The summed E-state index contributed by atoms with van der Waals surface area (Å²) in [6.07, 6.45) is 6.62. The zero-order chi connectivity index (χ0) is 24.5. The predicted molar refractivity (Wildman–Crippen MR) is 130 cm³/mol. The average Bonchev–Trinajstić information content (AvgIpc) is 3.68. The number of carbonyl (C=O) groups excluding carboxylic acids is 2. The summed E-state index contributed by atoms with van der Waals surface area (Å²) in [7, 11) is 0. The maximum absolute atomic E-state index is 13.4. The molecule has 0 saturated carbocycles. The standard InChI is InChI=1S/C26H24N6O4/c33-25(17-30-9-11-31(12-10-30)26(34)20-16-27-7-8-28-20)32-21(23-6-3-13-35-23)15-19(29-32)24-14-18-4-1-2-5-22(18)36-24/h1-8,13-14,16,21H,9-12,15,17H2. The molecule has 1 aromatic carbocycles. The number of para-hydroxylation sites is 1. The number of hydrogen-bond acceptors (Lipinski definition) is 8. The number of hydrazone groups is 1. The van der Waals surface area contributed by atoms with Crippen LogP contribution >= 0.6 is 0 Å². The van der Waals surface area contributed by atoms with Crippen molar-refractivity contribution in [1.29, 1.82) is 0 Å². The fourth-order valence-corrected chi connectivity index (χ4v) is 4.66. The van der Waals surface area contributed by atoms with Gasteiger partial charge in [-0.15, -0.1) is 0 Å². The molecule has 0 spiro atoms. The molecule has 10 heteroatoms. The molecule has 2 aliphatic rings. The van der Waals surface area contributed by atoms with E-state index in [-0.39, 0.29) is 24.4 Å². The molecule has 4 aromatic rings. The second-order valence-corrected chi connectivity index (χ2v) is 8.83. The van der Waals surface area contributed by atoms with Crippen LogP contribution in [0.1, 0.15) is 34.5 Å². The molecule has 0 aliphatic carbocycles. The van der Waals surface area contributed by atoms with E-state index in [0.29, 0.717) is 55.5 Å². The number of amides is 2. The topological polar surface area (TPSA) is 108 Å². The van der Waals surface area contributed by atoms with Gasteiger partial charge >= 0.3 is 0 Å². The van der Waals surface area contributed by atoms with Gasteiger partial charge in [0, 0.05) is 50.4 Å². The number of carbonyl (C=O) groups is 2. The van der Waals surface area contributed by atoms with Gasteiger partial charge in [-0.25, -0.2) is 9.99 Å². The summed E-state index contributed by atoms with van der Waals surface area (Å²) in [6, 6.07) is 13.1. The molecule has 3 aromatic heterocycles. The Kier molecular flexibility index (Phi) is 5.78. The largest absolute Gasteiger partial charge is 0.467 e. The lowest BCUT2D eigenvalue weighted by Gasteiger charge is -2.34. The van der Waals surface area contributed by atoms with Crippen molar-refractivity contribution in [2.24, 2.45) is 5.10 Å². The van der Waals surface area contributed by atoms with Gasteiger partial charge in [-0.2, -0.15) is 5.10 Å². The van der Waals surface area contributed by atoms with Crippen molar-refractivity contribution >= 4 is 28.5 Å². The van der Waals surface area contributed by atoms with Gasteiger partial charge in [0.25, 0.3) is 11.8 Å². The number of piperazine rings is 1. The summed E-state index contributed by atoms with van der Waals surface area (Å²) in [5, 5.41) is 7.18. The van der Waals surface area contributed by atoms with Crippen LogP contribution in [0.25, 0.3) is 11.0 Å². The zero-order valence-electron chi connectivity index (χ0n) is 19.5. The molecule has 0 bridgehead atoms. The molecule has 182 valence electrons. The number of aromatic nitrogens is 2. The average molecular weight is 485 g/mol. The van der Waals surface area contributed by atoms with Gasteiger partial charge in [-0.3, -0.25) is 19.5 Å². The van der Waals surface area contributed by atoms with Crippen molar-refractivity contribution < 1.29 is 18.4 Å². The smallest absolute Gasteiger partial charge is 0.274 e. The van der Waals surface area contributed by atoms with Crippen LogP contribution in [-0.4, -0.2) is 75.0 Å². The molecule has 1 unspecified atom stereocenters. The zero-order valence-corrected chi connectivity index (χ0v) is 19.5. The first-order chi connectivity index (χ1) is 17.7. The summed E-state index contributed by atoms with van der Waals surface area (Å²) < 4.78 is 11.7. The lowest BCUT2D eigenvalue weighted by atomic mass is 10.1. The lowest BCUT2D eigenvalue weighted by molar-refractivity contribution is -0.134. The molecule has 2 aliphatic heterocycles. The van der Waals surface area contributed by atoms with Crippen molar-refractivity contribution in [1.82, 2.24) is 24.8 Å². The third kappa shape index (κ3) is 4.27. The van der Waals surface area contributed by atoms with Crippen molar-refractivity contribution in [3.63, 3.8) is 0 Å². The SMILES string of the molecule is O=C(c1cnccn1)N1CCN(CC(=O)N2N=C(c3cc4ccccc4o3)CC2c2ccco2)CC1. The third-order valence-corrected chi connectivity index (χ3v) is 6.55. The number of hydrogen-bond donors (Lipinski definition) is 0. The maximum atomic E-state index is 13.4. The van der Waals surface area contributed by atoms with Crippen LogP contribution in [0.3, 0.4) is 0 Å². The second-order valence-electron chi connectivity index (χ2n) is 8.83. The Balaban J connectivity index is 1.15. The quantitative estimate of drug-likeness (QED) is 0.429. The van der Waals surface area contributed by atoms with Gasteiger partial charge in [-0.05, 0) is 24.3 Å². The van der Waals surface area contributed by atoms with Crippen LogP contribution < -0.4 is 0 Å². The van der Waals surface area contributed by atoms with E-state index in [1.54, 1.807) is 11.2 Å². The normalized spacial score (nSPS) is 18.6. The summed E-state index contributed by atoms with van der Waals surface area (Å²) in [4.78, 5) is 37.9. The molecular weight excluding hydrogens is 460 g/mol. The van der Waals surface area contributed by atoms with E-state index in [2.05, 4.69) is 15.1 Å². The van der Waals surface area contributed by atoms with Gasteiger partial charge < -0.3 is 13.7 Å². The minimum absolute atomic E-state index is 0.129. The number of nitrogens with zero attached hydrogens (tertiary/aromatic N) is 6. The van der Waals surface area contributed by atoms with Crippen molar-refractivity contribution in [3.05, 3.63) is 84.5 Å². The molecule has 0 radical (unpaired) electrons. The number of benzene rings is 1. The molecule has 36 heavy (non-hydrogen) atoms. The Labute approximate surface area is 206 Å². The van der Waals surface area contributed by atoms with Gasteiger partial charge in [0.2, 0.25) is 0 Å². The van der Waals surface area contributed by atoms with Crippen molar-refractivity contribution in [2.45, 2.75) is 12.5 Å². The summed E-state index contributed by atoms with van der Waals surface area (Å²) in [5.41, 5.74) is 1.82. The van der Waals surface area contributed by atoms with E-state index >= 15 is 0 Å². The highest BCUT2D eigenvalue weighted by molar-refractivity contribution is 6.03. The second kappa shape index (κ2) is 9.38. The minimum atomic E-state index is -0.338. The Morgan fingerprint density at radius 2 is 1.89 bits per heavy atom. The van der Waals surface area contributed by atoms with E-state index in [0.717, 1.165) is 11.0 Å². The van der Waals surface area contributed by atoms with E-state index in [9.17, 15) is 9.59 Å². The number of rotatable bonds is 5. The van der Waals surface area contributed by atoms with Gasteiger partial charge in [-0.1, -0.05) is 18.2 Å². The van der Waals surface area contributed by atoms with E-state index in [4.69, 9.17) is 8.83 Å². The van der Waals surface area contributed by atoms with Crippen molar-refractivity contribution in [2.75, 3.05) is 32.7 Å². The molecular formula is C26H24N6O4. The summed E-state index contributed by atoms with van der Waals surface area (Å²) in [6.45, 7) is 2.38. The molecule has 2 amide bonds. The van der Waals surface area contributed by atoms with Gasteiger partial charge in [0.15, 0.2) is 5.76 Å². The Morgan fingerprint density at radius 3 is 2.64 bits per heavy atom. The minimum Gasteiger partial charge on any atom is -0.467 e. The fourth-order valence-electron chi connectivity index (χ4n) is 4.66.